The van der Waals surface area contributed by atoms with Crippen molar-refractivity contribution >= 4 is 24.8 Å². The molecule has 24 heavy (non-hydrogen) atoms. The van der Waals surface area contributed by atoms with Crippen LogP contribution in [0.25, 0.3) is 0 Å². The maximum absolute atomic E-state index is 12.0. The molecule has 1 heterocycles. The van der Waals surface area contributed by atoms with Gasteiger partial charge < -0.3 is 19.5 Å². The van der Waals surface area contributed by atoms with Crippen molar-refractivity contribution in [3.63, 3.8) is 0 Å². The number of aromatic carboxylic acids is 1. The van der Waals surface area contributed by atoms with Gasteiger partial charge in [-0.1, -0.05) is 12.1 Å². The van der Waals surface area contributed by atoms with E-state index in [4.69, 9.17) is 9.76 Å². The number of Topliss-reactive ketones (excluding diaryl/α,β-unsaturated/α-hetero) is 1. The van der Waals surface area contributed by atoms with Crippen LogP contribution < -0.4 is 4.65 Å². The monoisotopic (exact) mass is 334 g/mol. The average molecular weight is 334 g/mol. The lowest BCUT2D eigenvalue weighted by molar-refractivity contribution is -0.140. The maximum Gasteiger partial charge on any atom is 0.526 e. The summed E-state index contributed by atoms with van der Waals surface area (Å²) < 4.78 is 9.86. The van der Waals surface area contributed by atoms with Gasteiger partial charge in [0.2, 0.25) is 0 Å². The fourth-order valence-corrected chi connectivity index (χ4v) is 2.75. The number of ether oxygens (including phenoxy) is 1. The van der Waals surface area contributed by atoms with Crippen molar-refractivity contribution < 1.29 is 33.9 Å². The summed E-state index contributed by atoms with van der Waals surface area (Å²) in [5, 5.41) is 19.2. The first kappa shape index (κ1) is 18.0. The molecular weight excluding hydrogens is 315 g/mol. The van der Waals surface area contributed by atoms with Crippen LogP contribution in [0, 0.1) is 0 Å². The molecule has 0 spiro atoms. The third-order valence-corrected chi connectivity index (χ3v) is 4.01. The van der Waals surface area contributed by atoms with Gasteiger partial charge >= 0.3 is 19.1 Å². The molecule has 0 aliphatic carbocycles. The van der Waals surface area contributed by atoms with Crippen LogP contribution in [-0.4, -0.2) is 42.1 Å². The Balaban J connectivity index is 1.96. The highest BCUT2D eigenvalue weighted by atomic mass is 16.5. The normalized spacial score (nSPS) is 16.1. The van der Waals surface area contributed by atoms with Gasteiger partial charge in [-0.15, -0.1) is 0 Å². The number of ketones is 1. The molecule has 1 aliphatic rings. The number of carboxylic acid groups (broad SMARTS) is 1. The van der Waals surface area contributed by atoms with E-state index in [2.05, 4.69) is 4.74 Å². The van der Waals surface area contributed by atoms with Crippen LogP contribution in [0.5, 0.6) is 5.75 Å². The summed E-state index contributed by atoms with van der Waals surface area (Å²) in [6, 6.07) is 4.74. The third kappa shape index (κ3) is 4.35. The molecule has 1 aromatic carbocycles. The molecule has 0 saturated heterocycles. The lowest BCUT2D eigenvalue weighted by Crippen LogP contribution is -2.35. The van der Waals surface area contributed by atoms with E-state index in [0.29, 0.717) is 18.4 Å². The number of hydrogen-bond acceptors (Lipinski definition) is 6. The Morgan fingerprint density at radius 2 is 2.08 bits per heavy atom. The first-order valence-corrected chi connectivity index (χ1v) is 7.70. The van der Waals surface area contributed by atoms with E-state index in [1.54, 1.807) is 12.1 Å². The predicted molar refractivity (Wildman–Crippen MR) is 84.9 cm³/mol. The van der Waals surface area contributed by atoms with E-state index in [1.807, 2.05) is 0 Å². The molecule has 2 N–H and O–H groups in total. The van der Waals surface area contributed by atoms with Crippen molar-refractivity contribution in [1.82, 2.24) is 0 Å². The molecule has 128 valence electrons. The highest BCUT2D eigenvalue weighted by Gasteiger charge is 2.37. The van der Waals surface area contributed by atoms with Crippen LogP contribution in [0.1, 0.15) is 41.6 Å². The molecule has 0 bridgehead atoms. The number of benzene rings is 1. The molecule has 8 heteroatoms. The highest BCUT2D eigenvalue weighted by Crippen LogP contribution is 2.36. The smallest absolute Gasteiger partial charge is 0.526 e. The van der Waals surface area contributed by atoms with E-state index in [-0.39, 0.29) is 42.3 Å². The summed E-state index contributed by atoms with van der Waals surface area (Å²) in [5.41, 5.74) is 0.655. The molecule has 0 fully saturated rings. The van der Waals surface area contributed by atoms with Crippen LogP contribution in [0.4, 0.5) is 0 Å². The van der Waals surface area contributed by atoms with Crippen molar-refractivity contribution in [3.05, 3.63) is 29.3 Å². The summed E-state index contributed by atoms with van der Waals surface area (Å²) in [7, 11) is 0.0606. The van der Waals surface area contributed by atoms with Crippen molar-refractivity contribution in [2.24, 2.45) is 0 Å². The SMILES string of the molecule is COC(=O)CCCC(=O)C[C@H]1Cc2cccc(C(=O)O)c2OB1O. The van der Waals surface area contributed by atoms with Gasteiger partial charge in [0.25, 0.3) is 0 Å². The number of esters is 1. The topological polar surface area (TPSA) is 110 Å². The second-order valence-corrected chi connectivity index (χ2v) is 5.74. The fourth-order valence-electron chi connectivity index (χ4n) is 2.75. The summed E-state index contributed by atoms with van der Waals surface area (Å²) in [6.07, 6.45) is 1.27. The van der Waals surface area contributed by atoms with Gasteiger partial charge in [0.15, 0.2) is 0 Å². The van der Waals surface area contributed by atoms with E-state index in [0.717, 1.165) is 0 Å². The summed E-state index contributed by atoms with van der Waals surface area (Å²) in [4.78, 5) is 34.2. The minimum Gasteiger partial charge on any atom is -0.535 e. The number of methoxy groups -OCH3 is 1. The van der Waals surface area contributed by atoms with Gasteiger partial charge in [0.1, 0.15) is 11.5 Å². The molecule has 0 amide bonds. The molecule has 0 saturated carbocycles. The van der Waals surface area contributed by atoms with E-state index in [1.165, 1.54) is 13.2 Å². The van der Waals surface area contributed by atoms with Crippen molar-refractivity contribution in [2.45, 2.75) is 37.9 Å². The predicted octanol–water partition coefficient (Wildman–Crippen LogP) is 1.47. The van der Waals surface area contributed by atoms with Gasteiger partial charge in [0.05, 0.1) is 12.7 Å². The van der Waals surface area contributed by atoms with Gasteiger partial charge in [-0.3, -0.25) is 9.59 Å². The Labute approximate surface area is 139 Å². The zero-order valence-electron chi connectivity index (χ0n) is 13.4. The molecule has 2 rings (SSSR count). The second kappa shape index (κ2) is 7.96. The lowest BCUT2D eigenvalue weighted by Gasteiger charge is -2.28. The number of carbonyl (C=O) groups is 3. The fraction of sp³-hybridized carbons (Fsp3) is 0.438. The highest BCUT2D eigenvalue weighted by molar-refractivity contribution is 6.47. The van der Waals surface area contributed by atoms with Crippen LogP contribution in [0.3, 0.4) is 0 Å². The van der Waals surface area contributed by atoms with E-state index >= 15 is 0 Å². The minimum absolute atomic E-state index is 0.00518. The zero-order chi connectivity index (χ0) is 17.7. The average Bonchev–Trinajstić information content (AvgIpc) is 2.54. The van der Waals surface area contributed by atoms with Crippen LogP contribution >= 0.6 is 0 Å². The number of para-hydroxylation sites is 1. The largest absolute Gasteiger partial charge is 0.535 e. The van der Waals surface area contributed by atoms with Crippen molar-refractivity contribution in [3.8, 4) is 5.75 Å². The Bertz CT molecular complexity index is 643. The number of fused-ring (bicyclic) bond motifs is 1. The standard InChI is InChI=1S/C16H19BO7/c1-23-14(19)7-3-5-12(18)9-11-8-10-4-2-6-13(16(20)21)15(10)24-17(11)22/h2,4,6,11,22H,3,5,7-9H2,1H3,(H,20,21)/t11-/m1/s1. The molecule has 7 nitrogen and oxygen atoms in total. The van der Waals surface area contributed by atoms with Gasteiger partial charge in [-0.05, 0) is 24.5 Å². The lowest BCUT2D eigenvalue weighted by atomic mass is 9.64. The molecule has 1 aromatic rings. The van der Waals surface area contributed by atoms with Crippen LogP contribution in [-0.2, 0) is 20.7 Å². The number of hydrogen-bond donors (Lipinski definition) is 2. The molecule has 0 aromatic heterocycles. The molecular formula is C16H19BO7. The number of carboxylic acids is 1. The van der Waals surface area contributed by atoms with Crippen LogP contribution in [0.2, 0.25) is 5.82 Å². The summed E-state index contributed by atoms with van der Waals surface area (Å²) >= 11 is 0. The Morgan fingerprint density at radius 1 is 1.33 bits per heavy atom. The van der Waals surface area contributed by atoms with Gasteiger partial charge in [-0.25, -0.2) is 4.79 Å². The third-order valence-electron chi connectivity index (χ3n) is 4.01. The first-order chi connectivity index (χ1) is 11.4. The zero-order valence-corrected chi connectivity index (χ0v) is 13.4. The summed E-state index contributed by atoms with van der Waals surface area (Å²) in [5.74, 6) is -1.85. The van der Waals surface area contributed by atoms with Crippen LogP contribution in [0.15, 0.2) is 18.2 Å². The van der Waals surface area contributed by atoms with E-state index < -0.39 is 18.9 Å². The number of carbonyl (C=O) groups excluding carboxylic acids is 2. The quantitative estimate of drug-likeness (QED) is 0.574. The number of rotatable bonds is 7. The Morgan fingerprint density at radius 3 is 2.75 bits per heavy atom. The van der Waals surface area contributed by atoms with Crippen molar-refractivity contribution in [2.75, 3.05) is 7.11 Å². The Kier molecular flexibility index (Phi) is 5.97. The molecule has 0 unspecified atom stereocenters. The molecule has 1 atom stereocenters. The van der Waals surface area contributed by atoms with E-state index in [9.17, 15) is 19.4 Å². The summed E-state index contributed by atoms with van der Waals surface area (Å²) in [6.45, 7) is 0. The first-order valence-electron chi connectivity index (χ1n) is 7.70. The molecule has 0 radical (unpaired) electrons. The minimum atomic E-state index is -1.23. The second-order valence-electron chi connectivity index (χ2n) is 5.74. The van der Waals surface area contributed by atoms with Gasteiger partial charge in [-0.2, -0.15) is 0 Å². The molecule has 1 aliphatic heterocycles. The van der Waals surface area contributed by atoms with Crippen molar-refractivity contribution in [1.29, 1.82) is 0 Å². The van der Waals surface area contributed by atoms with Gasteiger partial charge in [0, 0.05) is 25.1 Å². The maximum atomic E-state index is 12.0. The Hall–Kier alpha value is -2.35.